The molecule has 0 unspecified atom stereocenters. The van der Waals surface area contributed by atoms with Gasteiger partial charge >= 0.3 is 0 Å². The van der Waals surface area contributed by atoms with Gasteiger partial charge in [0.25, 0.3) is 0 Å². The van der Waals surface area contributed by atoms with Crippen molar-refractivity contribution in [3.63, 3.8) is 0 Å². The molecule has 0 fully saturated rings. The van der Waals surface area contributed by atoms with Gasteiger partial charge in [0.2, 0.25) is 5.43 Å². The first-order chi connectivity index (χ1) is 11.5. The van der Waals surface area contributed by atoms with E-state index in [1.807, 2.05) is 30.3 Å². The maximum atomic E-state index is 11.9. The van der Waals surface area contributed by atoms with E-state index in [1.54, 1.807) is 12.1 Å². The van der Waals surface area contributed by atoms with Crippen molar-refractivity contribution in [2.24, 2.45) is 0 Å². The van der Waals surface area contributed by atoms with Crippen LogP contribution >= 0.6 is 23.2 Å². The Labute approximate surface area is 147 Å². The Balaban J connectivity index is 2.25. The van der Waals surface area contributed by atoms with Crippen LogP contribution in [0, 0.1) is 0 Å². The number of halogens is 2. The predicted molar refractivity (Wildman–Crippen MR) is 96.2 cm³/mol. The van der Waals surface area contributed by atoms with Crippen molar-refractivity contribution in [1.82, 2.24) is 0 Å². The van der Waals surface area contributed by atoms with Crippen molar-refractivity contribution in [1.29, 1.82) is 0 Å². The summed E-state index contributed by atoms with van der Waals surface area (Å²) in [4.78, 5) is 11.9. The topological polar surface area (TPSA) is 50.4 Å². The number of hydrogen-bond acceptors (Lipinski definition) is 3. The minimum Gasteiger partial charge on any atom is -0.506 e. The van der Waals surface area contributed by atoms with E-state index in [2.05, 4.69) is 0 Å². The Morgan fingerprint density at radius 1 is 0.917 bits per heavy atom. The van der Waals surface area contributed by atoms with E-state index in [-0.39, 0.29) is 21.2 Å². The van der Waals surface area contributed by atoms with Crippen LogP contribution in [0.2, 0.25) is 10.0 Å². The quantitative estimate of drug-likeness (QED) is 0.453. The molecule has 4 rings (SSSR count). The van der Waals surface area contributed by atoms with Crippen LogP contribution < -0.4 is 5.43 Å². The lowest BCUT2D eigenvalue weighted by Gasteiger charge is -2.16. The highest BCUT2D eigenvalue weighted by Gasteiger charge is 2.20. The second kappa shape index (κ2) is 5.55. The van der Waals surface area contributed by atoms with Gasteiger partial charge in [-0.25, -0.2) is 0 Å². The highest BCUT2D eigenvalue weighted by atomic mass is 35.5. The zero-order chi connectivity index (χ0) is 16.8. The SMILES string of the molecule is O=c1cc2oc3cc(O)c(Cl)cc3c(-c3ccccc3)c-2cc1Cl. The van der Waals surface area contributed by atoms with Gasteiger partial charge in [0.1, 0.15) is 17.1 Å². The lowest BCUT2D eigenvalue weighted by molar-refractivity contribution is 0.474. The Morgan fingerprint density at radius 2 is 1.67 bits per heavy atom. The summed E-state index contributed by atoms with van der Waals surface area (Å²) in [6, 6.07) is 15.7. The lowest BCUT2D eigenvalue weighted by atomic mass is 9.94. The van der Waals surface area contributed by atoms with Crippen molar-refractivity contribution >= 4 is 34.2 Å². The minimum absolute atomic E-state index is 0.0809. The molecule has 0 aromatic heterocycles. The molecule has 118 valence electrons. The molecule has 0 saturated heterocycles. The standard InChI is InChI=1S/C19H10Cl2O3/c20-13-6-11-17(8-15(13)22)24-18-9-16(23)14(21)7-12(18)19(11)10-4-2-1-3-5-10/h1-9,22H. The van der Waals surface area contributed by atoms with Crippen LogP contribution in [0.3, 0.4) is 0 Å². The molecule has 2 aromatic rings. The highest BCUT2D eigenvalue weighted by Crippen LogP contribution is 2.43. The first-order valence-corrected chi connectivity index (χ1v) is 7.94. The summed E-state index contributed by atoms with van der Waals surface area (Å²) in [5, 5.41) is 10.9. The van der Waals surface area contributed by atoms with Gasteiger partial charge in [-0.2, -0.15) is 0 Å². The van der Waals surface area contributed by atoms with Crippen molar-refractivity contribution in [3.05, 3.63) is 74.9 Å². The zero-order valence-corrected chi connectivity index (χ0v) is 13.7. The number of fused-ring (bicyclic) bond motifs is 2. The molecule has 1 heterocycles. The van der Waals surface area contributed by atoms with Gasteiger partial charge in [0.15, 0.2) is 0 Å². The number of aromatic hydroxyl groups is 1. The van der Waals surface area contributed by atoms with E-state index in [9.17, 15) is 9.90 Å². The van der Waals surface area contributed by atoms with Crippen LogP contribution in [0.1, 0.15) is 0 Å². The molecule has 3 nitrogen and oxygen atoms in total. The molecule has 0 bridgehead atoms. The Bertz CT molecular complexity index is 1100. The highest BCUT2D eigenvalue weighted by molar-refractivity contribution is 6.33. The first kappa shape index (κ1) is 15.1. The summed E-state index contributed by atoms with van der Waals surface area (Å²) in [7, 11) is 0. The normalized spacial score (nSPS) is 11.2. The molecule has 0 saturated carbocycles. The number of phenolic OH excluding ortho intramolecular Hbond substituents is 1. The van der Waals surface area contributed by atoms with Gasteiger partial charge in [0, 0.05) is 28.6 Å². The van der Waals surface area contributed by atoms with E-state index in [0.717, 1.165) is 16.5 Å². The van der Waals surface area contributed by atoms with Crippen molar-refractivity contribution in [2.45, 2.75) is 0 Å². The Morgan fingerprint density at radius 3 is 2.42 bits per heavy atom. The second-order valence-corrected chi connectivity index (χ2v) is 6.24. The van der Waals surface area contributed by atoms with Gasteiger partial charge in [-0.1, -0.05) is 53.5 Å². The fourth-order valence-electron chi connectivity index (χ4n) is 2.82. The fraction of sp³-hybridized carbons (Fsp3) is 0. The molecule has 0 spiro atoms. The molecule has 0 radical (unpaired) electrons. The van der Waals surface area contributed by atoms with Gasteiger partial charge in [0.05, 0.1) is 10.0 Å². The average molecular weight is 357 g/mol. The van der Waals surface area contributed by atoms with Crippen molar-refractivity contribution in [3.8, 4) is 28.2 Å². The van der Waals surface area contributed by atoms with Crippen LogP contribution in [0.15, 0.2) is 63.8 Å². The summed E-state index contributed by atoms with van der Waals surface area (Å²) >= 11 is 12.1. The maximum Gasteiger partial charge on any atom is 0.200 e. The number of benzene rings is 3. The molecule has 1 N–H and O–H groups in total. The summed E-state index contributed by atoms with van der Waals surface area (Å²) in [5.41, 5.74) is 2.60. The zero-order valence-electron chi connectivity index (χ0n) is 12.2. The van der Waals surface area contributed by atoms with E-state index in [4.69, 9.17) is 27.6 Å². The van der Waals surface area contributed by atoms with Crippen molar-refractivity contribution < 1.29 is 9.52 Å². The molecule has 24 heavy (non-hydrogen) atoms. The molecular formula is C19H10Cl2O3. The van der Waals surface area contributed by atoms with E-state index in [1.165, 1.54) is 12.1 Å². The van der Waals surface area contributed by atoms with Gasteiger partial charge in [-0.05, 0) is 17.7 Å². The summed E-state index contributed by atoms with van der Waals surface area (Å²) in [6.07, 6.45) is 0. The van der Waals surface area contributed by atoms with Crippen LogP contribution in [-0.2, 0) is 0 Å². The summed E-state index contributed by atoms with van der Waals surface area (Å²) in [6.45, 7) is 0. The van der Waals surface area contributed by atoms with Crippen LogP contribution in [0.5, 0.6) is 5.75 Å². The fourth-order valence-corrected chi connectivity index (χ4v) is 3.14. The van der Waals surface area contributed by atoms with E-state index >= 15 is 0 Å². The molecule has 1 aliphatic carbocycles. The molecule has 0 atom stereocenters. The molecule has 0 amide bonds. The Kier molecular flexibility index (Phi) is 3.48. The van der Waals surface area contributed by atoms with Gasteiger partial charge < -0.3 is 9.52 Å². The number of rotatable bonds is 1. The van der Waals surface area contributed by atoms with E-state index < -0.39 is 0 Å². The molecule has 1 aliphatic heterocycles. The minimum atomic E-state index is -0.315. The summed E-state index contributed by atoms with van der Waals surface area (Å²) in [5.74, 6) is 0.320. The predicted octanol–water partition coefficient (Wildman–Crippen LogP) is 5.58. The average Bonchev–Trinajstić information content (AvgIpc) is 2.57. The number of hydrogen-bond donors (Lipinski definition) is 1. The third-order valence-corrected chi connectivity index (χ3v) is 4.50. The molecular weight excluding hydrogens is 347 g/mol. The molecule has 5 heteroatoms. The maximum absolute atomic E-state index is 11.9. The lowest BCUT2D eigenvalue weighted by Crippen LogP contribution is -2.02. The smallest absolute Gasteiger partial charge is 0.200 e. The van der Waals surface area contributed by atoms with Crippen LogP contribution in [0.25, 0.3) is 33.4 Å². The van der Waals surface area contributed by atoms with Crippen LogP contribution in [0.4, 0.5) is 0 Å². The second-order valence-electron chi connectivity index (χ2n) is 5.42. The van der Waals surface area contributed by atoms with E-state index in [0.29, 0.717) is 16.9 Å². The molecule has 2 aliphatic rings. The molecule has 2 aromatic carbocycles. The third kappa shape index (κ3) is 2.33. The number of phenols is 1. The van der Waals surface area contributed by atoms with Crippen molar-refractivity contribution in [2.75, 3.05) is 0 Å². The van der Waals surface area contributed by atoms with Crippen LogP contribution in [-0.4, -0.2) is 5.11 Å². The Hall–Kier alpha value is -2.49. The monoisotopic (exact) mass is 356 g/mol. The largest absolute Gasteiger partial charge is 0.506 e. The summed E-state index contributed by atoms with van der Waals surface area (Å²) < 4.78 is 5.80. The van der Waals surface area contributed by atoms with Gasteiger partial charge in [-0.3, -0.25) is 4.79 Å². The first-order valence-electron chi connectivity index (χ1n) is 7.18. The third-order valence-electron chi connectivity index (χ3n) is 3.90. The van der Waals surface area contributed by atoms with Gasteiger partial charge in [-0.15, -0.1) is 0 Å².